The minimum absolute atomic E-state index is 0.0281. The second-order valence-corrected chi connectivity index (χ2v) is 5.16. The molecular weight excluding hydrogens is 290 g/mol. The Morgan fingerprint density at radius 3 is 2.90 bits per heavy atom. The third kappa shape index (κ3) is 4.04. The van der Waals surface area contributed by atoms with Gasteiger partial charge in [0.2, 0.25) is 0 Å². The summed E-state index contributed by atoms with van der Waals surface area (Å²) in [6.45, 7) is 2.06. The van der Waals surface area contributed by atoms with E-state index < -0.39 is 0 Å². The number of aryl methyl sites for hydroxylation is 1. The van der Waals surface area contributed by atoms with E-state index >= 15 is 0 Å². The zero-order chi connectivity index (χ0) is 15.2. The molecule has 0 atom stereocenters. The lowest BCUT2D eigenvalue weighted by Crippen LogP contribution is -2.04. The summed E-state index contributed by atoms with van der Waals surface area (Å²) in [5, 5.41) is 8.21. The molecule has 0 fully saturated rings. The molecule has 0 amide bonds. The zero-order valence-corrected chi connectivity index (χ0v) is 12.9. The Kier molecular flexibility index (Phi) is 5.33. The molecule has 1 aromatic heterocycles. The number of aromatic nitrogens is 3. The van der Waals surface area contributed by atoms with E-state index in [2.05, 4.69) is 10.3 Å². The third-order valence-electron chi connectivity index (χ3n) is 3.17. The second kappa shape index (κ2) is 7.22. The Balaban J connectivity index is 2.19. The summed E-state index contributed by atoms with van der Waals surface area (Å²) in [6.07, 6.45) is 3.59. The normalized spacial score (nSPS) is 10.6. The topological polar surface area (TPSA) is 57.0 Å². The van der Waals surface area contributed by atoms with Gasteiger partial charge in [-0.25, -0.2) is 4.68 Å². The van der Waals surface area contributed by atoms with Crippen molar-refractivity contribution in [3.05, 3.63) is 41.2 Å². The quantitative estimate of drug-likeness (QED) is 0.583. The fourth-order valence-corrected chi connectivity index (χ4v) is 2.21. The smallest absolute Gasteiger partial charge is 0.159 e. The van der Waals surface area contributed by atoms with E-state index in [1.165, 1.54) is 0 Å². The van der Waals surface area contributed by atoms with Crippen LogP contribution in [0.15, 0.2) is 24.4 Å². The minimum Gasteiger partial charge on any atom is -0.496 e. The van der Waals surface area contributed by atoms with Crippen molar-refractivity contribution in [2.24, 2.45) is 0 Å². The molecule has 0 aliphatic carbocycles. The van der Waals surface area contributed by atoms with Crippen LogP contribution in [0, 0.1) is 0 Å². The van der Waals surface area contributed by atoms with Gasteiger partial charge in [-0.3, -0.25) is 4.79 Å². The van der Waals surface area contributed by atoms with Crippen LogP contribution in [0.2, 0.25) is 0 Å². The van der Waals surface area contributed by atoms with Gasteiger partial charge in [-0.15, -0.1) is 16.7 Å². The highest BCUT2D eigenvalue weighted by atomic mass is 35.5. The molecule has 0 aliphatic rings. The molecule has 112 valence electrons. The molecule has 2 aromatic rings. The SMILES string of the molecule is COc1ccc(C(C)=O)cc1Cn1cc(CCCCl)nn1. The van der Waals surface area contributed by atoms with Gasteiger partial charge in [0.1, 0.15) is 5.75 Å². The summed E-state index contributed by atoms with van der Waals surface area (Å²) in [5.41, 5.74) is 2.48. The molecule has 0 unspecified atom stereocenters. The van der Waals surface area contributed by atoms with Crippen LogP contribution in [0.5, 0.6) is 5.75 Å². The van der Waals surface area contributed by atoms with Crippen molar-refractivity contribution in [1.29, 1.82) is 0 Å². The van der Waals surface area contributed by atoms with E-state index in [-0.39, 0.29) is 5.78 Å². The summed E-state index contributed by atoms with van der Waals surface area (Å²) in [6, 6.07) is 5.40. The van der Waals surface area contributed by atoms with Gasteiger partial charge in [0.05, 0.1) is 19.3 Å². The summed E-state index contributed by atoms with van der Waals surface area (Å²) < 4.78 is 7.08. The van der Waals surface area contributed by atoms with Gasteiger partial charge in [-0.2, -0.15) is 0 Å². The van der Waals surface area contributed by atoms with Crippen LogP contribution >= 0.6 is 11.6 Å². The molecule has 21 heavy (non-hydrogen) atoms. The molecule has 0 saturated heterocycles. The monoisotopic (exact) mass is 307 g/mol. The van der Waals surface area contributed by atoms with Crippen molar-refractivity contribution in [2.75, 3.05) is 13.0 Å². The van der Waals surface area contributed by atoms with E-state index in [1.54, 1.807) is 30.8 Å². The molecule has 0 spiro atoms. The molecule has 2 rings (SSSR count). The van der Waals surface area contributed by atoms with Crippen molar-refractivity contribution >= 4 is 17.4 Å². The highest BCUT2D eigenvalue weighted by Gasteiger charge is 2.09. The first-order chi connectivity index (χ1) is 10.1. The summed E-state index contributed by atoms with van der Waals surface area (Å²) in [4.78, 5) is 11.5. The fraction of sp³-hybridized carbons (Fsp3) is 0.400. The molecule has 1 aromatic carbocycles. The van der Waals surface area contributed by atoms with Crippen LogP contribution in [0.25, 0.3) is 0 Å². The van der Waals surface area contributed by atoms with Crippen molar-refractivity contribution < 1.29 is 9.53 Å². The number of carbonyl (C=O) groups is 1. The van der Waals surface area contributed by atoms with Gasteiger partial charge in [-0.05, 0) is 38.0 Å². The molecule has 6 heteroatoms. The van der Waals surface area contributed by atoms with Crippen molar-refractivity contribution in [3.63, 3.8) is 0 Å². The maximum atomic E-state index is 11.5. The number of hydrogen-bond donors (Lipinski definition) is 0. The van der Waals surface area contributed by atoms with E-state index in [0.717, 1.165) is 29.8 Å². The molecule has 1 heterocycles. The van der Waals surface area contributed by atoms with E-state index in [0.29, 0.717) is 18.0 Å². The van der Waals surface area contributed by atoms with Crippen molar-refractivity contribution in [3.8, 4) is 5.75 Å². The predicted octanol–water partition coefficient (Wildman–Crippen LogP) is 2.71. The number of hydrogen-bond acceptors (Lipinski definition) is 4. The zero-order valence-electron chi connectivity index (χ0n) is 12.2. The highest BCUT2D eigenvalue weighted by Crippen LogP contribution is 2.21. The number of carbonyl (C=O) groups excluding carboxylic acids is 1. The molecule has 0 bridgehead atoms. The lowest BCUT2D eigenvalue weighted by Gasteiger charge is -2.09. The Labute approximate surface area is 128 Å². The second-order valence-electron chi connectivity index (χ2n) is 4.78. The molecule has 0 radical (unpaired) electrons. The number of alkyl halides is 1. The molecule has 0 N–H and O–H groups in total. The summed E-state index contributed by atoms with van der Waals surface area (Å²) >= 11 is 5.67. The number of ether oxygens (including phenoxy) is 1. The molecule has 5 nitrogen and oxygen atoms in total. The Morgan fingerprint density at radius 2 is 2.24 bits per heavy atom. The average Bonchev–Trinajstić information content (AvgIpc) is 2.92. The first kappa shape index (κ1) is 15.5. The van der Waals surface area contributed by atoms with Gasteiger partial charge < -0.3 is 4.74 Å². The summed E-state index contributed by atoms with van der Waals surface area (Å²) in [7, 11) is 1.61. The van der Waals surface area contributed by atoms with Crippen LogP contribution in [0.3, 0.4) is 0 Å². The molecular formula is C15H18ClN3O2. The predicted molar refractivity (Wildman–Crippen MR) is 81.2 cm³/mol. The minimum atomic E-state index is 0.0281. The lowest BCUT2D eigenvalue weighted by molar-refractivity contribution is 0.101. The van der Waals surface area contributed by atoms with Crippen LogP contribution in [-0.4, -0.2) is 33.8 Å². The van der Waals surface area contributed by atoms with Gasteiger partial charge >= 0.3 is 0 Å². The molecule has 0 aliphatic heterocycles. The maximum Gasteiger partial charge on any atom is 0.159 e. The van der Waals surface area contributed by atoms with Gasteiger partial charge in [-0.1, -0.05) is 5.21 Å². The number of benzene rings is 1. The van der Waals surface area contributed by atoms with Gasteiger partial charge in [0, 0.05) is 23.2 Å². The van der Waals surface area contributed by atoms with E-state index in [1.807, 2.05) is 12.3 Å². The number of ketones is 1. The van der Waals surface area contributed by atoms with E-state index in [4.69, 9.17) is 16.3 Å². The highest BCUT2D eigenvalue weighted by molar-refractivity contribution is 6.17. The Bertz CT molecular complexity index is 625. The Morgan fingerprint density at radius 1 is 1.43 bits per heavy atom. The van der Waals surface area contributed by atoms with Crippen molar-refractivity contribution in [2.45, 2.75) is 26.3 Å². The lowest BCUT2D eigenvalue weighted by atomic mass is 10.1. The van der Waals surface area contributed by atoms with Crippen molar-refractivity contribution in [1.82, 2.24) is 15.0 Å². The summed E-state index contributed by atoms with van der Waals surface area (Å²) in [5.74, 6) is 1.37. The maximum absolute atomic E-state index is 11.5. The first-order valence-corrected chi connectivity index (χ1v) is 7.30. The number of Topliss-reactive ketones (excluding diaryl/α,β-unsaturated/α-hetero) is 1. The van der Waals surface area contributed by atoms with E-state index in [9.17, 15) is 4.79 Å². The molecule has 0 saturated carbocycles. The standard InChI is InChI=1S/C15H18ClN3O2/c1-11(20)12-5-6-15(21-2)13(8-12)9-19-10-14(17-18-19)4-3-7-16/h5-6,8,10H,3-4,7,9H2,1-2H3. The number of halogens is 1. The fourth-order valence-electron chi connectivity index (χ4n) is 2.07. The van der Waals surface area contributed by atoms with Gasteiger partial charge in [0.25, 0.3) is 0 Å². The average molecular weight is 308 g/mol. The number of rotatable bonds is 7. The van der Waals surface area contributed by atoms with Crippen LogP contribution in [0.4, 0.5) is 0 Å². The number of methoxy groups -OCH3 is 1. The third-order valence-corrected chi connectivity index (χ3v) is 3.44. The van der Waals surface area contributed by atoms with Crippen LogP contribution in [0.1, 0.15) is 35.0 Å². The Hall–Kier alpha value is -1.88. The van der Waals surface area contributed by atoms with Crippen LogP contribution in [-0.2, 0) is 13.0 Å². The van der Waals surface area contributed by atoms with Gasteiger partial charge in [0.15, 0.2) is 5.78 Å². The number of nitrogens with zero attached hydrogens (tertiary/aromatic N) is 3. The largest absolute Gasteiger partial charge is 0.496 e. The first-order valence-electron chi connectivity index (χ1n) is 6.77. The van der Waals surface area contributed by atoms with Crippen LogP contribution < -0.4 is 4.74 Å².